The summed E-state index contributed by atoms with van der Waals surface area (Å²) in [7, 11) is 1.64. The number of alkyl halides is 1. The molecule has 1 aliphatic heterocycles. The van der Waals surface area contributed by atoms with Crippen LogP contribution in [0.25, 0.3) is 0 Å². The van der Waals surface area contributed by atoms with Gasteiger partial charge in [0.25, 0.3) is 0 Å². The second-order valence-corrected chi connectivity index (χ2v) is 3.89. The maximum Gasteiger partial charge on any atom is 0.119 e. The Morgan fingerprint density at radius 1 is 1.33 bits per heavy atom. The van der Waals surface area contributed by atoms with Crippen molar-refractivity contribution in [3.8, 4) is 5.75 Å². The van der Waals surface area contributed by atoms with Gasteiger partial charge in [0, 0.05) is 12.5 Å². The molecule has 1 N–H and O–H groups in total. The molecule has 1 heterocycles. The monoisotopic (exact) mass is 209 g/mol. The highest BCUT2D eigenvalue weighted by atomic mass is 19.1. The summed E-state index contributed by atoms with van der Waals surface area (Å²) in [5.74, 6) is 0.861. The van der Waals surface area contributed by atoms with Gasteiger partial charge in [-0.3, -0.25) is 0 Å². The van der Waals surface area contributed by atoms with Crippen molar-refractivity contribution in [2.75, 3.05) is 20.2 Å². The van der Waals surface area contributed by atoms with Gasteiger partial charge in [0.05, 0.1) is 7.11 Å². The summed E-state index contributed by atoms with van der Waals surface area (Å²) in [5, 5.41) is 3.06. The molecule has 2 unspecified atom stereocenters. The van der Waals surface area contributed by atoms with Crippen LogP contribution in [0.15, 0.2) is 24.3 Å². The van der Waals surface area contributed by atoms with Crippen molar-refractivity contribution in [2.45, 2.75) is 18.5 Å². The second kappa shape index (κ2) is 4.62. The molecule has 3 heteroatoms. The minimum absolute atomic E-state index is 0.0390. The normalized spacial score (nSPS) is 26.3. The van der Waals surface area contributed by atoms with Crippen LogP contribution in [-0.4, -0.2) is 26.4 Å². The van der Waals surface area contributed by atoms with Gasteiger partial charge in [-0.2, -0.15) is 0 Å². The molecule has 1 aliphatic rings. The lowest BCUT2D eigenvalue weighted by Gasteiger charge is -2.27. The lowest BCUT2D eigenvalue weighted by Crippen LogP contribution is -2.36. The van der Waals surface area contributed by atoms with Crippen LogP contribution in [0.3, 0.4) is 0 Å². The molecule has 15 heavy (non-hydrogen) atoms. The van der Waals surface area contributed by atoms with Crippen LogP contribution in [0, 0.1) is 0 Å². The second-order valence-electron chi connectivity index (χ2n) is 3.89. The van der Waals surface area contributed by atoms with Crippen molar-refractivity contribution in [1.29, 1.82) is 0 Å². The highest BCUT2D eigenvalue weighted by Crippen LogP contribution is 2.28. The Balaban J connectivity index is 2.13. The molecular formula is C12H16FNO. The van der Waals surface area contributed by atoms with E-state index in [2.05, 4.69) is 5.32 Å². The zero-order valence-electron chi connectivity index (χ0n) is 8.87. The predicted octanol–water partition coefficient (Wildman–Crippen LogP) is 2.11. The summed E-state index contributed by atoms with van der Waals surface area (Å²) in [4.78, 5) is 0. The number of nitrogens with one attached hydrogen (secondary N) is 1. The van der Waals surface area contributed by atoms with Crippen molar-refractivity contribution < 1.29 is 9.13 Å². The lowest BCUT2D eigenvalue weighted by atomic mass is 9.89. The third-order valence-corrected chi connectivity index (χ3v) is 2.95. The highest BCUT2D eigenvalue weighted by Gasteiger charge is 2.25. The van der Waals surface area contributed by atoms with Gasteiger partial charge < -0.3 is 10.1 Å². The van der Waals surface area contributed by atoms with Crippen LogP contribution in [0.5, 0.6) is 5.75 Å². The van der Waals surface area contributed by atoms with Crippen molar-refractivity contribution >= 4 is 0 Å². The third-order valence-electron chi connectivity index (χ3n) is 2.95. The number of halogens is 1. The van der Waals surface area contributed by atoms with Crippen molar-refractivity contribution in [1.82, 2.24) is 5.32 Å². The minimum atomic E-state index is -0.771. The van der Waals surface area contributed by atoms with Gasteiger partial charge in [-0.25, -0.2) is 4.39 Å². The Kier molecular flexibility index (Phi) is 3.21. The molecule has 0 aromatic heterocycles. The number of ether oxygens (including phenoxy) is 1. The van der Waals surface area contributed by atoms with E-state index in [4.69, 9.17) is 4.74 Å². The van der Waals surface area contributed by atoms with E-state index < -0.39 is 6.17 Å². The van der Waals surface area contributed by atoms with Crippen LogP contribution in [0.1, 0.15) is 17.9 Å². The summed E-state index contributed by atoms with van der Waals surface area (Å²) in [6.07, 6.45) is 0.0974. The Hall–Kier alpha value is -1.09. The Morgan fingerprint density at radius 2 is 2.07 bits per heavy atom. The van der Waals surface area contributed by atoms with E-state index in [1.54, 1.807) is 7.11 Å². The number of methoxy groups -OCH3 is 1. The molecule has 82 valence electrons. The van der Waals surface area contributed by atoms with Gasteiger partial charge in [-0.05, 0) is 30.7 Å². The fraction of sp³-hybridized carbons (Fsp3) is 0.500. The maximum atomic E-state index is 13.6. The summed E-state index contributed by atoms with van der Waals surface area (Å²) in [5.41, 5.74) is 1.07. The Labute approximate surface area is 89.4 Å². The van der Waals surface area contributed by atoms with Crippen LogP contribution in [-0.2, 0) is 0 Å². The lowest BCUT2D eigenvalue weighted by molar-refractivity contribution is 0.231. The number of benzene rings is 1. The molecule has 0 saturated carbocycles. The maximum absolute atomic E-state index is 13.6. The molecule has 2 atom stereocenters. The third kappa shape index (κ3) is 2.29. The van der Waals surface area contributed by atoms with Gasteiger partial charge in [-0.1, -0.05) is 12.1 Å². The van der Waals surface area contributed by atoms with Gasteiger partial charge in [-0.15, -0.1) is 0 Å². The number of piperidine rings is 1. The molecular weight excluding hydrogens is 193 g/mol. The predicted molar refractivity (Wildman–Crippen MR) is 58.1 cm³/mol. The van der Waals surface area contributed by atoms with E-state index in [-0.39, 0.29) is 5.92 Å². The largest absolute Gasteiger partial charge is 0.497 e. The molecule has 0 aliphatic carbocycles. The van der Waals surface area contributed by atoms with Gasteiger partial charge >= 0.3 is 0 Å². The summed E-state index contributed by atoms with van der Waals surface area (Å²) in [6.45, 7) is 1.37. The van der Waals surface area contributed by atoms with E-state index in [0.717, 1.165) is 24.3 Å². The number of hydrogen-bond donors (Lipinski definition) is 1. The van der Waals surface area contributed by atoms with Crippen molar-refractivity contribution in [2.24, 2.45) is 0 Å². The van der Waals surface area contributed by atoms with Crippen molar-refractivity contribution in [3.05, 3.63) is 29.8 Å². The zero-order chi connectivity index (χ0) is 10.7. The topological polar surface area (TPSA) is 21.3 Å². The standard InChI is InChI=1S/C12H16FNO/c1-15-10-4-2-9(3-5-10)11-6-7-14-8-12(11)13/h2-5,11-12,14H,6-8H2,1H3. The van der Waals surface area contributed by atoms with Crippen LogP contribution in [0.4, 0.5) is 4.39 Å². The SMILES string of the molecule is COc1ccc(C2CCNCC2F)cc1. The average Bonchev–Trinajstić information content (AvgIpc) is 2.30. The molecule has 1 saturated heterocycles. The Morgan fingerprint density at radius 3 is 2.67 bits per heavy atom. The summed E-state index contributed by atoms with van der Waals surface area (Å²) < 4.78 is 18.7. The first-order chi connectivity index (χ1) is 7.31. The van der Waals surface area contributed by atoms with E-state index >= 15 is 0 Å². The van der Waals surface area contributed by atoms with E-state index in [9.17, 15) is 4.39 Å². The quantitative estimate of drug-likeness (QED) is 0.805. The van der Waals surface area contributed by atoms with Crippen molar-refractivity contribution in [3.63, 3.8) is 0 Å². The van der Waals surface area contributed by atoms with Gasteiger partial charge in [0.2, 0.25) is 0 Å². The molecule has 0 amide bonds. The molecule has 0 radical (unpaired) electrons. The summed E-state index contributed by atoms with van der Waals surface area (Å²) in [6, 6.07) is 7.71. The zero-order valence-corrected chi connectivity index (χ0v) is 8.87. The van der Waals surface area contributed by atoms with Gasteiger partial charge in [0.15, 0.2) is 0 Å². The minimum Gasteiger partial charge on any atom is -0.497 e. The molecule has 2 rings (SSSR count). The molecule has 2 nitrogen and oxygen atoms in total. The number of hydrogen-bond acceptors (Lipinski definition) is 2. The van der Waals surface area contributed by atoms with Crippen LogP contribution >= 0.6 is 0 Å². The molecule has 1 aromatic rings. The smallest absolute Gasteiger partial charge is 0.119 e. The molecule has 1 aromatic carbocycles. The van der Waals surface area contributed by atoms with Crippen LogP contribution in [0.2, 0.25) is 0 Å². The Bertz CT molecular complexity index is 312. The average molecular weight is 209 g/mol. The van der Waals surface area contributed by atoms with Gasteiger partial charge in [0.1, 0.15) is 11.9 Å². The number of rotatable bonds is 2. The van der Waals surface area contributed by atoms with E-state index in [1.807, 2.05) is 24.3 Å². The summed E-state index contributed by atoms with van der Waals surface area (Å²) >= 11 is 0. The molecule has 0 bridgehead atoms. The molecule has 1 fully saturated rings. The molecule has 0 spiro atoms. The van der Waals surface area contributed by atoms with E-state index in [1.165, 1.54) is 0 Å². The first kappa shape index (κ1) is 10.4. The van der Waals surface area contributed by atoms with E-state index in [0.29, 0.717) is 6.54 Å². The first-order valence-electron chi connectivity index (χ1n) is 5.30. The fourth-order valence-corrected chi connectivity index (χ4v) is 2.05. The first-order valence-corrected chi connectivity index (χ1v) is 5.30. The fourth-order valence-electron chi connectivity index (χ4n) is 2.05. The van der Waals surface area contributed by atoms with Crippen LogP contribution < -0.4 is 10.1 Å². The highest BCUT2D eigenvalue weighted by molar-refractivity contribution is 5.30.